The lowest BCUT2D eigenvalue weighted by Crippen LogP contribution is -2.11. The summed E-state index contributed by atoms with van der Waals surface area (Å²) in [6, 6.07) is 10.3. The van der Waals surface area contributed by atoms with Crippen LogP contribution in [0.3, 0.4) is 0 Å². The zero-order chi connectivity index (χ0) is 22.2. The number of nitrogens with one attached hydrogen (secondary N) is 1. The number of H-pyrrole nitrogens is 1. The van der Waals surface area contributed by atoms with Crippen molar-refractivity contribution in [1.29, 1.82) is 0 Å². The van der Waals surface area contributed by atoms with Gasteiger partial charge in [-0.1, -0.05) is 19.1 Å². The molecule has 0 unspecified atom stereocenters. The summed E-state index contributed by atoms with van der Waals surface area (Å²) in [6.45, 7) is 1.88. The third-order valence-corrected chi connectivity index (χ3v) is 6.33. The van der Waals surface area contributed by atoms with Crippen LogP contribution >= 0.6 is 11.3 Å². The number of imidazole rings is 1. The molecule has 0 aliphatic carbocycles. The van der Waals surface area contributed by atoms with E-state index in [0.717, 1.165) is 11.0 Å². The van der Waals surface area contributed by atoms with Crippen molar-refractivity contribution in [3.8, 4) is 0 Å². The van der Waals surface area contributed by atoms with Crippen LogP contribution in [0.4, 0.5) is 0 Å². The molecule has 1 N–H and O–H groups in total. The van der Waals surface area contributed by atoms with Gasteiger partial charge >= 0.3 is 0 Å². The van der Waals surface area contributed by atoms with Crippen LogP contribution in [0.2, 0.25) is 0 Å². The number of rotatable bonds is 5. The molecule has 0 amide bonds. The first kappa shape index (κ1) is 19.9. The van der Waals surface area contributed by atoms with Crippen molar-refractivity contribution >= 4 is 45.1 Å². The number of fused-ring (bicyclic) bond motifs is 2. The first-order valence-electron chi connectivity index (χ1n) is 9.81. The molecular formula is C22H16N6O3S. The summed E-state index contributed by atoms with van der Waals surface area (Å²) >= 11 is 1.26. The zero-order valence-corrected chi connectivity index (χ0v) is 17.7. The molecule has 0 spiro atoms. The summed E-state index contributed by atoms with van der Waals surface area (Å²) in [5, 5.41) is 1.17. The number of nitrogens with zero attached hydrogens (tertiary/aromatic N) is 5. The van der Waals surface area contributed by atoms with Crippen molar-refractivity contribution in [1.82, 2.24) is 29.5 Å². The molecule has 5 rings (SSSR count). The Morgan fingerprint density at radius 2 is 1.94 bits per heavy atom. The molecule has 158 valence electrons. The number of ketones is 1. The van der Waals surface area contributed by atoms with Crippen molar-refractivity contribution < 1.29 is 9.59 Å². The number of thiazole rings is 1. The number of aromatic amines is 1. The van der Waals surface area contributed by atoms with Gasteiger partial charge in [-0.3, -0.25) is 19.0 Å². The molecule has 0 saturated carbocycles. The van der Waals surface area contributed by atoms with Crippen molar-refractivity contribution in [3.05, 3.63) is 81.2 Å². The Bertz CT molecular complexity index is 1550. The number of carbonyl (C=O) groups excluding carboxylic acids is 2. The number of hydrogen-bond acceptors (Lipinski definition) is 8. The smallest absolute Gasteiger partial charge is 0.275 e. The summed E-state index contributed by atoms with van der Waals surface area (Å²) in [5.41, 5.74) is 1.73. The Morgan fingerprint density at radius 3 is 2.81 bits per heavy atom. The van der Waals surface area contributed by atoms with E-state index in [2.05, 4.69) is 24.9 Å². The lowest BCUT2D eigenvalue weighted by Gasteiger charge is -2.08. The van der Waals surface area contributed by atoms with Gasteiger partial charge in [0, 0.05) is 23.8 Å². The maximum atomic E-state index is 13.0. The van der Waals surface area contributed by atoms with Crippen LogP contribution in [0.25, 0.3) is 22.1 Å². The second-order valence-electron chi connectivity index (χ2n) is 7.31. The minimum absolute atomic E-state index is 0.153. The summed E-state index contributed by atoms with van der Waals surface area (Å²) in [5.74, 6) is -0.631. The van der Waals surface area contributed by atoms with E-state index in [-0.39, 0.29) is 35.3 Å². The molecule has 0 aliphatic rings. The van der Waals surface area contributed by atoms with E-state index >= 15 is 0 Å². The largest absolute Gasteiger partial charge is 0.306 e. The van der Waals surface area contributed by atoms with E-state index in [1.54, 1.807) is 6.07 Å². The molecule has 1 atom stereocenters. The highest BCUT2D eigenvalue weighted by Gasteiger charge is 2.22. The third-order valence-electron chi connectivity index (χ3n) is 5.11. The Hall–Kier alpha value is -4.05. The van der Waals surface area contributed by atoms with Crippen LogP contribution in [-0.2, 0) is 0 Å². The molecule has 0 saturated heterocycles. The normalized spacial score (nSPS) is 12.3. The highest BCUT2D eigenvalue weighted by molar-refractivity contribution is 7.13. The first-order valence-corrected chi connectivity index (χ1v) is 10.6. The summed E-state index contributed by atoms with van der Waals surface area (Å²) < 4.78 is 1.50. The molecule has 5 aromatic rings. The van der Waals surface area contributed by atoms with Gasteiger partial charge < -0.3 is 4.98 Å². The molecule has 9 nitrogen and oxygen atoms in total. The van der Waals surface area contributed by atoms with Crippen LogP contribution in [0.1, 0.15) is 44.4 Å². The van der Waals surface area contributed by atoms with Crippen molar-refractivity contribution in [2.24, 2.45) is 0 Å². The fraction of sp³-hybridized carbons (Fsp3) is 0.136. The van der Waals surface area contributed by atoms with Gasteiger partial charge in [0.05, 0.1) is 22.2 Å². The van der Waals surface area contributed by atoms with Gasteiger partial charge in [0.15, 0.2) is 5.78 Å². The van der Waals surface area contributed by atoms with Crippen LogP contribution in [-0.4, -0.2) is 41.2 Å². The van der Waals surface area contributed by atoms with E-state index in [1.807, 2.05) is 31.2 Å². The van der Waals surface area contributed by atoms with Crippen LogP contribution in [0.5, 0.6) is 0 Å². The van der Waals surface area contributed by atoms with Crippen molar-refractivity contribution in [2.45, 2.75) is 19.3 Å². The van der Waals surface area contributed by atoms with Gasteiger partial charge in [-0.25, -0.2) is 19.9 Å². The second-order valence-corrected chi connectivity index (χ2v) is 8.37. The lowest BCUT2D eigenvalue weighted by molar-refractivity contribution is 0.0962. The Labute approximate surface area is 184 Å². The summed E-state index contributed by atoms with van der Waals surface area (Å²) in [6.07, 6.45) is 4.44. The highest BCUT2D eigenvalue weighted by Crippen LogP contribution is 2.27. The van der Waals surface area contributed by atoms with Gasteiger partial charge in [-0.05, 0) is 18.2 Å². The number of carbonyl (C=O) groups is 2. The quantitative estimate of drug-likeness (QED) is 0.413. The second kappa shape index (κ2) is 7.89. The van der Waals surface area contributed by atoms with Crippen molar-refractivity contribution in [2.75, 3.05) is 0 Å². The number of aromatic nitrogens is 6. The SMILES string of the molecule is C[C@@H](CC(=O)c1ncnc2[nH]c(=O)ccc12)c1ncc(C(=O)n2cnc3ccccc32)s1. The van der Waals surface area contributed by atoms with Crippen LogP contribution in [0, 0.1) is 0 Å². The van der Waals surface area contributed by atoms with Gasteiger partial charge in [0.25, 0.3) is 5.91 Å². The number of pyridine rings is 1. The van der Waals surface area contributed by atoms with Gasteiger partial charge in [-0.2, -0.15) is 0 Å². The molecule has 1 aromatic carbocycles. The molecule has 10 heteroatoms. The monoisotopic (exact) mass is 444 g/mol. The number of hydrogen-bond donors (Lipinski definition) is 1. The van der Waals surface area contributed by atoms with Gasteiger partial charge in [0.1, 0.15) is 28.9 Å². The fourth-order valence-electron chi connectivity index (χ4n) is 3.51. The number of para-hydroxylation sites is 2. The van der Waals surface area contributed by atoms with E-state index < -0.39 is 0 Å². The maximum absolute atomic E-state index is 13.0. The molecule has 0 aliphatic heterocycles. The fourth-order valence-corrected chi connectivity index (χ4v) is 4.42. The van der Waals surface area contributed by atoms with Crippen molar-refractivity contribution in [3.63, 3.8) is 0 Å². The summed E-state index contributed by atoms with van der Waals surface area (Å²) in [7, 11) is 0. The number of Topliss-reactive ketones (excluding diaryl/α,β-unsaturated/α-hetero) is 1. The topological polar surface area (TPSA) is 123 Å². The minimum Gasteiger partial charge on any atom is -0.306 e. The van der Waals surface area contributed by atoms with E-state index in [0.29, 0.717) is 20.9 Å². The Balaban J connectivity index is 1.37. The van der Waals surface area contributed by atoms with E-state index in [9.17, 15) is 14.4 Å². The Kier molecular flexibility index (Phi) is 4.91. The van der Waals surface area contributed by atoms with Crippen LogP contribution in [0.15, 0.2) is 60.0 Å². The zero-order valence-electron chi connectivity index (χ0n) is 16.8. The van der Waals surface area contributed by atoms with Gasteiger partial charge in [0.2, 0.25) is 5.56 Å². The minimum atomic E-state index is -0.298. The molecule has 0 bridgehead atoms. The molecule has 0 radical (unpaired) electrons. The summed E-state index contributed by atoms with van der Waals surface area (Å²) in [4.78, 5) is 57.2. The average molecular weight is 444 g/mol. The predicted octanol–water partition coefficient (Wildman–Crippen LogP) is 3.19. The predicted molar refractivity (Wildman–Crippen MR) is 119 cm³/mol. The van der Waals surface area contributed by atoms with E-state index in [4.69, 9.17) is 0 Å². The Morgan fingerprint density at radius 1 is 1.09 bits per heavy atom. The molecular weight excluding hydrogens is 428 g/mol. The maximum Gasteiger partial charge on any atom is 0.275 e. The standard InChI is InChI=1S/C22H16N6O3S/c1-12(8-16(29)19-13-6-7-18(30)27-20(13)25-10-24-19)21-23-9-17(32-21)22(31)28-11-26-14-4-2-3-5-15(14)28/h2-7,9-12H,8H2,1H3,(H,24,25,27,30)/t12-/m0/s1. The average Bonchev–Trinajstić information content (AvgIpc) is 3.46. The lowest BCUT2D eigenvalue weighted by atomic mass is 10.0. The highest BCUT2D eigenvalue weighted by atomic mass is 32.1. The number of benzene rings is 1. The van der Waals surface area contributed by atoms with E-state index in [1.165, 1.54) is 40.8 Å². The molecule has 32 heavy (non-hydrogen) atoms. The molecule has 4 aromatic heterocycles. The molecule has 4 heterocycles. The van der Waals surface area contributed by atoms with Gasteiger partial charge in [-0.15, -0.1) is 11.3 Å². The molecule has 0 fully saturated rings. The third kappa shape index (κ3) is 3.50. The van der Waals surface area contributed by atoms with Crippen LogP contribution < -0.4 is 5.56 Å². The first-order chi connectivity index (χ1) is 15.5.